The lowest BCUT2D eigenvalue weighted by Gasteiger charge is -2.37. The zero-order chi connectivity index (χ0) is 17.2. The van der Waals surface area contributed by atoms with Crippen molar-refractivity contribution < 1.29 is 9.53 Å². The Bertz CT molecular complexity index is 887. The summed E-state index contributed by atoms with van der Waals surface area (Å²) in [7, 11) is 0. The van der Waals surface area contributed by atoms with Crippen LogP contribution in [-0.4, -0.2) is 10.9 Å². The van der Waals surface area contributed by atoms with Gasteiger partial charge in [-0.1, -0.05) is 60.7 Å². The fraction of sp³-hybridized carbons (Fsp3) is 0.143. The zero-order valence-electron chi connectivity index (χ0n) is 14.3. The number of amides is 1. The second-order valence-corrected chi connectivity index (χ2v) is 6.03. The van der Waals surface area contributed by atoms with Crippen LogP contribution in [0.5, 0.6) is 5.75 Å². The normalized spacial score (nSPS) is 16.9. The van der Waals surface area contributed by atoms with Gasteiger partial charge < -0.3 is 4.74 Å². The minimum absolute atomic E-state index is 0. The van der Waals surface area contributed by atoms with Gasteiger partial charge >= 0.3 is 0 Å². The van der Waals surface area contributed by atoms with E-state index in [0.717, 1.165) is 11.1 Å². The van der Waals surface area contributed by atoms with Gasteiger partial charge in [0.2, 0.25) is 6.10 Å². The van der Waals surface area contributed by atoms with Crippen LogP contribution in [0, 0.1) is 0 Å². The number of carbonyl (C=O) groups excluding carboxylic acids is 1. The molecule has 4 rings (SSSR count). The van der Waals surface area contributed by atoms with Crippen molar-refractivity contribution >= 4 is 24.1 Å². The van der Waals surface area contributed by atoms with Crippen LogP contribution in [-0.2, 0) is 4.79 Å². The van der Waals surface area contributed by atoms with Gasteiger partial charge in [0, 0.05) is 11.8 Å². The second-order valence-electron chi connectivity index (χ2n) is 6.03. The number of nitrogens with zero attached hydrogens (tertiary/aromatic N) is 2. The molecule has 1 aliphatic heterocycles. The van der Waals surface area contributed by atoms with Crippen molar-refractivity contribution in [3.8, 4) is 5.75 Å². The molecule has 0 N–H and O–H groups in total. The molecule has 0 saturated carbocycles. The largest absolute Gasteiger partial charge is 0.472 e. The fourth-order valence-corrected chi connectivity index (χ4v) is 3.16. The maximum atomic E-state index is 13.3. The van der Waals surface area contributed by atoms with Crippen molar-refractivity contribution in [2.24, 2.45) is 0 Å². The molecule has 0 saturated heterocycles. The van der Waals surface area contributed by atoms with E-state index in [0.29, 0.717) is 11.6 Å². The smallest absolute Gasteiger partial charge is 0.274 e. The van der Waals surface area contributed by atoms with Gasteiger partial charge in [-0.05, 0) is 24.6 Å². The van der Waals surface area contributed by atoms with Crippen LogP contribution in [0.25, 0.3) is 0 Å². The summed E-state index contributed by atoms with van der Waals surface area (Å²) in [5.74, 6) is 1.09. The van der Waals surface area contributed by atoms with E-state index in [9.17, 15) is 4.79 Å². The van der Waals surface area contributed by atoms with E-state index in [4.69, 9.17) is 4.74 Å². The molecule has 1 amide bonds. The van der Waals surface area contributed by atoms with E-state index in [-0.39, 0.29) is 24.4 Å². The Morgan fingerprint density at radius 3 is 2.31 bits per heavy atom. The van der Waals surface area contributed by atoms with Crippen molar-refractivity contribution in [3.05, 3.63) is 90.1 Å². The quantitative estimate of drug-likeness (QED) is 0.672. The molecule has 2 atom stereocenters. The van der Waals surface area contributed by atoms with Crippen LogP contribution >= 0.6 is 12.4 Å². The highest BCUT2D eigenvalue weighted by atomic mass is 35.5. The summed E-state index contributed by atoms with van der Waals surface area (Å²) < 4.78 is 5.99. The van der Waals surface area contributed by atoms with E-state index in [2.05, 4.69) is 4.98 Å². The van der Waals surface area contributed by atoms with Gasteiger partial charge in [-0.15, -0.1) is 12.4 Å². The average molecular weight is 367 g/mol. The maximum Gasteiger partial charge on any atom is 0.274 e. The minimum atomic E-state index is -0.663. The van der Waals surface area contributed by atoms with E-state index in [1.54, 1.807) is 11.1 Å². The Labute approximate surface area is 158 Å². The highest BCUT2D eigenvalue weighted by molar-refractivity contribution is 6.00. The third kappa shape index (κ3) is 3.16. The van der Waals surface area contributed by atoms with E-state index >= 15 is 0 Å². The standard InChI is InChI=1S/C21H18N2O2.ClH/c1-15(16-9-4-2-5-10-16)23-20-18(13-8-14-22-20)25-19(21(23)24)17-11-6-3-7-12-17;/h2-15,19H,1H3;1H. The molecule has 4 nitrogen and oxygen atoms in total. The Kier molecular flexibility index (Phi) is 5.24. The summed E-state index contributed by atoms with van der Waals surface area (Å²) in [4.78, 5) is 19.4. The maximum absolute atomic E-state index is 13.3. The van der Waals surface area contributed by atoms with Gasteiger partial charge in [0.05, 0.1) is 6.04 Å². The molecule has 2 unspecified atom stereocenters. The summed E-state index contributed by atoms with van der Waals surface area (Å²) in [6.07, 6.45) is 1.02. The van der Waals surface area contributed by atoms with Gasteiger partial charge in [0.1, 0.15) is 0 Å². The van der Waals surface area contributed by atoms with Crippen LogP contribution < -0.4 is 9.64 Å². The molecule has 1 aromatic heterocycles. The summed E-state index contributed by atoms with van der Waals surface area (Å²) in [6.45, 7) is 2.01. The van der Waals surface area contributed by atoms with Crippen LogP contribution in [0.15, 0.2) is 79.0 Å². The molecule has 3 aromatic rings. The number of halogens is 1. The number of ether oxygens (including phenoxy) is 1. The number of carbonyl (C=O) groups is 1. The molecule has 26 heavy (non-hydrogen) atoms. The van der Waals surface area contributed by atoms with E-state index in [1.165, 1.54) is 0 Å². The third-order valence-electron chi connectivity index (χ3n) is 4.46. The SMILES string of the molecule is CC(c1ccccc1)N1C(=O)C(c2ccccc2)Oc2cccnc21.Cl. The zero-order valence-corrected chi connectivity index (χ0v) is 15.1. The van der Waals surface area contributed by atoms with Crippen molar-refractivity contribution in [2.75, 3.05) is 4.90 Å². The monoisotopic (exact) mass is 366 g/mol. The van der Waals surface area contributed by atoms with E-state index < -0.39 is 6.10 Å². The van der Waals surface area contributed by atoms with Crippen LogP contribution in [0.4, 0.5) is 5.82 Å². The van der Waals surface area contributed by atoms with Crippen LogP contribution in [0.1, 0.15) is 30.2 Å². The first-order valence-corrected chi connectivity index (χ1v) is 8.30. The molecule has 0 fully saturated rings. The fourth-order valence-electron chi connectivity index (χ4n) is 3.16. The lowest BCUT2D eigenvalue weighted by atomic mass is 10.0. The highest BCUT2D eigenvalue weighted by Crippen LogP contribution is 2.41. The third-order valence-corrected chi connectivity index (χ3v) is 4.46. The number of pyridine rings is 1. The molecular weight excluding hydrogens is 348 g/mol. The number of hydrogen-bond donors (Lipinski definition) is 0. The number of rotatable bonds is 3. The second kappa shape index (κ2) is 7.58. The summed E-state index contributed by atoms with van der Waals surface area (Å²) in [5.41, 5.74) is 1.90. The molecule has 5 heteroatoms. The lowest BCUT2D eigenvalue weighted by molar-refractivity contribution is -0.127. The number of fused-ring (bicyclic) bond motifs is 1. The predicted molar refractivity (Wildman–Crippen MR) is 104 cm³/mol. The molecule has 0 aliphatic carbocycles. The number of aromatic nitrogens is 1. The molecule has 2 aromatic carbocycles. The molecule has 132 valence electrons. The van der Waals surface area contributed by atoms with Crippen LogP contribution in [0.2, 0.25) is 0 Å². The molecular formula is C21H19ClN2O2. The van der Waals surface area contributed by atoms with Crippen molar-refractivity contribution in [1.82, 2.24) is 4.98 Å². The van der Waals surface area contributed by atoms with Gasteiger partial charge in [0.15, 0.2) is 11.6 Å². The Hall–Kier alpha value is -2.85. The van der Waals surface area contributed by atoms with Gasteiger partial charge in [0.25, 0.3) is 5.91 Å². The van der Waals surface area contributed by atoms with Gasteiger partial charge in [-0.25, -0.2) is 4.98 Å². The van der Waals surface area contributed by atoms with Crippen molar-refractivity contribution in [2.45, 2.75) is 19.1 Å². The summed E-state index contributed by atoms with van der Waals surface area (Å²) in [6, 6.07) is 23.1. The van der Waals surface area contributed by atoms with Gasteiger partial charge in [-0.2, -0.15) is 0 Å². The average Bonchev–Trinajstić information content (AvgIpc) is 2.68. The number of benzene rings is 2. The first-order chi connectivity index (χ1) is 12.3. The first-order valence-electron chi connectivity index (χ1n) is 8.30. The van der Waals surface area contributed by atoms with E-state index in [1.807, 2.05) is 79.7 Å². The minimum Gasteiger partial charge on any atom is -0.472 e. The summed E-state index contributed by atoms with van der Waals surface area (Å²) in [5, 5.41) is 0. The van der Waals surface area contributed by atoms with Crippen molar-refractivity contribution in [3.63, 3.8) is 0 Å². The van der Waals surface area contributed by atoms with Gasteiger partial charge in [-0.3, -0.25) is 9.69 Å². The lowest BCUT2D eigenvalue weighted by Crippen LogP contribution is -2.43. The number of anilines is 1. The topological polar surface area (TPSA) is 42.4 Å². The Balaban J connectivity index is 0.00000196. The Morgan fingerprint density at radius 1 is 0.962 bits per heavy atom. The van der Waals surface area contributed by atoms with Crippen LogP contribution in [0.3, 0.4) is 0 Å². The predicted octanol–water partition coefficient (Wildman–Crippen LogP) is 4.73. The van der Waals surface area contributed by atoms with Crippen molar-refractivity contribution in [1.29, 1.82) is 0 Å². The highest BCUT2D eigenvalue weighted by Gasteiger charge is 2.39. The number of hydrogen-bond acceptors (Lipinski definition) is 3. The molecule has 1 aliphatic rings. The molecule has 2 heterocycles. The summed E-state index contributed by atoms with van der Waals surface area (Å²) >= 11 is 0. The molecule has 0 spiro atoms. The first kappa shape index (κ1) is 18.0. The Morgan fingerprint density at radius 2 is 1.62 bits per heavy atom. The molecule has 0 bridgehead atoms. The molecule has 0 radical (unpaired) electrons.